The Morgan fingerprint density at radius 2 is 1.62 bits per heavy atom. The Bertz CT molecular complexity index is 1300. The third-order valence-corrected chi connectivity index (χ3v) is 6.28. The van der Waals surface area contributed by atoms with Crippen molar-refractivity contribution in [3.8, 4) is 5.75 Å². The van der Waals surface area contributed by atoms with Gasteiger partial charge in [-0.1, -0.05) is 11.2 Å². The first-order chi connectivity index (χ1) is 21.3. The molecule has 18 nitrogen and oxygen atoms in total. The lowest BCUT2D eigenvalue weighted by Gasteiger charge is -2.44. The minimum Gasteiger partial charge on any atom is -0.463 e. The smallest absolute Gasteiger partial charge is 0.303 e. The van der Waals surface area contributed by atoms with E-state index in [-0.39, 0.29) is 43.4 Å². The number of carbonyl (C=O) groups is 5. The van der Waals surface area contributed by atoms with Gasteiger partial charge in [0.25, 0.3) is 5.91 Å². The quantitative estimate of drug-likeness (QED) is 0.0477. The zero-order chi connectivity index (χ0) is 33.5. The zero-order valence-electron chi connectivity index (χ0n) is 24.9. The van der Waals surface area contributed by atoms with Gasteiger partial charge in [-0.2, -0.15) is 0 Å². The number of carbonyl (C=O) groups excluding carboxylic acids is 5. The summed E-state index contributed by atoms with van der Waals surface area (Å²) in [5.74, 6) is -4.38. The Kier molecular flexibility index (Phi) is 15.2. The largest absolute Gasteiger partial charge is 0.463 e. The maximum atomic E-state index is 13.2. The summed E-state index contributed by atoms with van der Waals surface area (Å²) in [6.45, 7) is 4.13. The molecule has 1 saturated heterocycles. The monoisotopic (exact) mass is 658 g/mol. The summed E-state index contributed by atoms with van der Waals surface area (Å²) in [6, 6.07) is 4.01. The molecule has 1 aliphatic rings. The molecule has 0 saturated carbocycles. The van der Waals surface area contributed by atoms with Crippen LogP contribution in [0.25, 0.3) is 10.4 Å². The van der Waals surface area contributed by atoms with Crippen LogP contribution in [-0.4, -0.2) is 102 Å². The van der Waals surface area contributed by atoms with Crippen LogP contribution in [0.1, 0.15) is 43.6 Å². The van der Waals surface area contributed by atoms with Gasteiger partial charge < -0.3 is 43.0 Å². The molecule has 1 unspecified atom stereocenters. The molecule has 45 heavy (non-hydrogen) atoms. The first-order valence-electron chi connectivity index (χ1n) is 13.4. The molecule has 0 aromatic heterocycles. The predicted molar refractivity (Wildman–Crippen MR) is 151 cm³/mol. The molecule has 1 aliphatic heterocycles. The van der Waals surface area contributed by atoms with Gasteiger partial charge in [0, 0.05) is 45.7 Å². The van der Waals surface area contributed by atoms with Crippen molar-refractivity contribution < 1.29 is 65.9 Å². The maximum absolute atomic E-state index is 13.2. The van der Waals surface area contributed by atoms with Crippen molar-refractivity contribution in [2.45, 2.75) is 64.2 Å². The molecular weight excluding hydrogens is 624 g/mol. The number of ether oxygens (including phenoxy) is 7. The highest BCUT2D eigenvalue weighted by Gasteiger charge is 2.53. The normalized spacial score (nSPS) is 21.3. The van der Waals surface area contributed by atoms with E-state index in [9.17, 15) is 32.7 Å². The minimum absolute atomic E-state index is 0.0176. The number of hydrogen-bond donors (Lipinski definition) is 2. The van der Waals surface area contributed by atoms with E-state index < -0.39 is 78.2 Å². The standard InChI is InChI=1S/C26H34N4O14S/c1-14(31)39-12-21-22(40-15(2)32)23(41-16(3)33)24(42-17(4)34)26(44-21)43-20-6-5-18(13-45(36)37)11-19(20)25(35)28-7-9-38-10-8-29-30-27/h5-6,11,21-24,26H,7-10,12-13H2,1-4H3,(H,28,35)(H,36,37)/t21-,22+,23+,24-,26-/m1/s1. The van der Waals surface area contributed by atoms with E-state index in [0.717, 1.165) is 27.7 Å². The van der Waals surface area contributed by atoms with Gasteiger partial charge in [-0.15, -0.1) is 0 Å². The van der Waals surface area contributed by atoms with Gasteiger partial charge >= 0.3 is 23.9 Å². The number of azide groups is 1. The highest BCUT2D eigenvalue weighted by molar-refractivity contribution is 7.78. The Morgan fingerprint density at radius 1 is 0.978 bits per heavy atom. The van der Waals surface area contributed by atoms with Crippen LogP contribution >= 0.6 is 0 Å². The third kappa shape index (κ3) is 12.7. The van der Waals surface area contributed by atoms with Crippen LogP contribution in [0, 0.1) is 0 Å². The lowest BCUT2D eigenvalue weighted by molar-refractivity contribution is -0.288. The fourth-order valence-electron chi connectivity index (χ4n) is 4.08. The minimum atomic E-state index is -2.25. The van der Waals surface area contributed by atoms with E-state index >= 15 is 0 Å². The molecule has 2 rings (SSSR count). The molecule has 19 heteroatoms. The van der Waals surface area contributed by atoms with Gasteiger partial charge in [0.15, 0.2) is 23.3 Å². The lowest BCUT2D eigenvalue weighted by Crippen LogP contribution is -2.63. The second-order valence-corrected chi connectivity index (χ2v) is 10.2. The summed E-state index contributed by atoms with van der Waals surface area (Å²) in [4.78, 5) is 63.5. The second kappa shape index (κ2) is 18.5. The summed E-state index contributed by atoms with van der Waals surface area (Å²) >= 11 is -2.25. The van der Waals surface area contributed by atoms with Gasteiger partial charge in [-0.3, -0.25) is 24.0 Å². The molecule has 1 amide bonds. The van der Waals surface area contributed by atoms with Gasteiger partial charge in [-0.25, -0.2) is 4.21 Å². The van der Waals surface area contributed by atoms with Gasteiger partial charge in [0.2, 0.25) is 12.4 Å². The van der Waals surface area contributed by atoms with E-state index in [2.05, 4.69) is 15.3 Å². The number of benzene rings is 1. The topological polar surface area (TPSA) is 248 Å². The SMILES string of the molecule is CC(=O)OC[C@H]1O[C@@H](Oc2ccc(CS(=O)O)cc2C(=O)NCCOCCN=[N+]=[N-])[C@H](OC(C)=O)[C@@H](OC(C)=O)[C@H]1OC(C)=O. The summed E-state index contributed by atoms with van der Waals surface area (Å²) in [7, 11) is 0. The third-order valence-electron chi connectivity index (χ3n) is 5.70. The Morgan fingerprint density at radius 3 is 2.22 bits per heavy atom. The van der Waals surface area contributed by atoms with Crippen LogP contribution in [0.3, 0.4) is 0 Å². The van der Waals surface area contributed by atoms with Crippen molar-refractivity contribution in [2.24, 2.45) is 5.11 Å². The maximum Gasteiger partial charge on any atom is 0.303 e. The fourth-order valence-corrected chi connectivity index (χ4v) is 4.55. The number of amides is 1. The summed E-state index contributed by atoms with van der Waals surface area (Å²) in [6.07, 6.45) is -7.41. The van der Waals surface area contributed by atoms with Crippen molar-refractivity contribution in [1.82, 2.24) is 5.32 Å². The van der Waals surface area contributed by atoms with Crippen LogP contribution in [0.4, 0.5) is 0 Å². The predicted octanol–water partition coefficient (Wildman–Crippen LogP) is 0.927. The zero-order valence-corrected chi connectivity index (χ0v) is 25.7. The van der Waals surface area contributed by atoms with Crippen molar-refractivity contribution in [1.29, 1.82) is 0 Å². The molecule has 1 fully saturated rings. The van der Waals surface area contributed by atoms with Crippen LogP contribution in [-0.2, 0) is 64.4 Å². The number of hydrogen-bond acceptors (Lipinski definition) is 14. The molecular formula is C26H34N4O14S. The Balaban J connectivity index is 2.48. The highest BCUT2D eigenvalue weighted by atomic mass is 32.2. The average molecular weight is 659 g/mol. The van der Waals surface area contributed by atoms with Crippen LogP contribution in [0.5, 0.6) is 5.75 Å². The molecule has 2 N–H and O–H groups in total. The number of nitrogens with one attached hydrogen (secondary N) is 1. The van der Waals surface area contributed by atoms with E-state index in [1.165, 1.54) is 18.2 Å². The number of nitrogens with zero attached hydrogens (tertiary/aromatic N) is 3. The Labute approximate surface area is 259 Å². The van der Waals surface area contributed by atoms with Crippen molar-refractivity contribution >= 4 is 40.9 Å². The van der Waals surface area contributed by atoms with Crippen molar-refractivity contribution in [2.75, 3.05) is 32.9 Å². The molecule has 6 atom stereocenters. The molecule has 0 spiro atoms. The van der Waals surface area contributed by atoms with Crippen LogP contribution in [0.15, 0.2) is 23.3 Å². The first-order valence-corrected chi connectivity index (χ1v) is 14.6. The van der Waals surface area contributed by atoms with Gasteiger partial charge in [0.05, 0.1) is 24.5 Å². The number of esters is 4. The van der Waals surface area contributed by atoms with E-state index in [4.69, 9.17) is 38.7 Å². The molecule has 1 heterocycles. The summed E-state index contributed by atoms with van der Waals surface area (Å²) < 4.78 is 59.2. The van der Waals surface area contributed by atoms with E-state index in [0.29, 0.717) is 5.56 Å². The molecule has 1 aromatic carbocycles. The Hall–Kier alpha value is -4.29. The molecule has 0 aliphatic carbocycles. The molecule has 0 radical (unpaired) electrons. The van der Waals surface area contributed by atoms with Gasteiger partial charge in [-0.05, 0) is 23.2 Å². The van der Waals surface area contributed by atoms with E-state index in [1.54, 1.807) is 0 Å². The van der Waals surface area contributed by atoms with Crippen LogP contribution in [0.2, 0.25) is 0 Å². The second-order valence-electron chi connectivity index (χ2n) is 9.30. The van der Waals surface area contributed by atoms with Crippen molar-refractivity contribution in [3.05, 3.63) is 39.8 Å². The van der Waals surface area contributed by atoms with Gasteiger partial charge in [0.1, 0.15) is 18.5 Å². The molecule has 248 valence electrons. The van der Waals surface area contributed by atoms with Crippen LogP contribution < -0.4 is 10.1 Å². The highest BCUT2D eigenvalue weighted by Crippen LogP contribution is 2.32. The average Bonchev–Trinajstić information content (AvgIpc) is 2.94. The summed E-state index contributed by atoms with van der Waals surface area (Å²) in [5.41, 5.74) is 8.48. The van der Waals surface area contributed by atoms with Crippen molar-refractivity contribution in [3.63, 3.8) is 0 Å². The lowest BCUT2D eigenvalue weighted by atomic mass is 9.98. The molecule has 1 aromatic rings. The number of rotatable bonds is 16. The van der Waals surface area contributed by atoms with E-state index in [1.807, 2.05) is 0 Å². The molecule has 0 bridgehead atoms. The summed E-state index contributed by atoms with van der Waals surface area (Å²) in [5, 5.41) is 5.93. The fraction of sp³-hybridized carbons (Fsp3) is 0.577. The first kappa shape index (κ1) is 36.9.